The van der Waals surface area contributed by atoms with Gasteiger partial charge in [-0.2, -0.15) is 5.10 Å². The largest absolute Gasteiger partial charge is 0.362 e. The quantitative estimate of drug-likeness (QED) is 0.484. The second-order valence-electron chi connectivity index (χ2n) is 4.87. The zero-order chi connectivity index (χ0) is 16.1. The van der Waals surface area contributed by atoms with Crippen LogP contribution in [-0.4, -0.2) is 22.4 Å². The number of hydrogen-bond donors (Lipinski definition) is 2. The molecular weight excluding hydrogens is 360 g/mol. The first-order chi connectivity index (χ1) is 10.5. The Bertz CT molecular complexity index is 706. The van der Waals surface area contributed by atoms with Crippen molar-refractivity contribution in [2.45, 2.75) is 20.8 Å². The predicted molar refractivity (Wildman–Crippen MR) is 99.9 cm³/mol. The number of rotatable bonds is 4. The SMILES string of the molecule is CCNC(=S)N/N=C\c1cc(C)n(-c2cccc(Br)c2)c1C. The van der Waals surface area contributed by atoms with Crippen LogP contribution in [0.15, 0.2) is 39.9 Å². The molecule has 0 aliphatic heterocycles. The molecule has 1 aromatic carbocycles. The molecule has 22 heavy (non-hydrogen) atoms. The maximum atomic E-state index is 5.08. The van der Waals surface area contributed by atoms with Crippen LogP contribution >= 0.6 is 28.1 Å². The van der Waals surface area contributed by atoms with Gasteiger partial charge in [0.1, 0.15) is 0 Å². The van der Waals surface area contributed by atoms with Crippen molar-refractivity contribution < 1.29 is 0 Å². The third-order valence-electron chi connectivity index (χ3n) is 3.24. The summed E-state index contributed by atoms with van der Waals surface area (Å²) in [5.74, 6) is 0. The maximum absolute atomic E-state index is 5.08. The number of halogens is 1. The Kier molecular flexibility index (Phi) is 5.74. The highest BCUT2D eigenvalue weighted by Gasteiger charge is 2.09. The molecule has 0 fully saturated rings. The minimum atomic E-state index is 0.527. The molecule has 0 amide bonds. The average molecular weight is 379 g/mol. The molecule has 0 saturated heterocycles. The van der Waals surface area contributed by atoms with Gasteiger partial charge in [-0.25, -0.2) is 0 Å². The Balaban J connectivity index is 2.24. The van der Waals surface area contributed by atoms with E-state index in [9.17, 15) is 0 Å². The average Bonchev–Trinajstić information content (AvgIpc) is 2.74. The van der Waals surface area contributed by atoms with Crippen molar-refractivity contribution in [3.05, 3.63) is 51.8 Å². The third kappa shape index (κ3) is 3.96. The van der Waals surface area contributed by atoms with Crippen LogP contribution in [0, 0.1) is 13.8 Å². The van der Waals surface area contributed by atoms with Crippen LogP contribution in [0.5, 0.6) is 0 Å². The summed E-state index contributed by atoms with van der Waals surface area (Å²) in [4.78, 5) is 0. The number of nitrogens with one attached hydrogen (secondary N) is 2. The van der Waals surface area contributed by atoms with Gasteiger partial charge in [-0.05, 0) is 57.3 Å². The number of aryl methyl sites for hydroxylation is 1. The van der Waals surface area contributed by atoms with E-state index >= 15 is 0 Å². The normalized spacial score (nSPS) is 10.9. The molecule has 0 saturated carbocycles. The number of thiocarbonyl (C=S) groups is 1. The fraction of sp³-hybridized carbons (Fsp3) is 0.250. The van der Waals surface area contributed by atoms with Gasteiger partial charge in [-0.15, -0.1) is 0 Å². The molecule has 6 heteroatoms. The summed E-state index contributed by atoms with van der Waals surface area (Å²) in [6.45, 7) is 6.93. The molecule has 0 aliphatic rings. The number of benzene rings is 1. The summed E-state index contributed by atoms with van der Waals surface area (Å²) in [5.41, 5.74) is 7.29. The highest BCUT2D eigenvalue weighted by atomic mass is 79.9. The highest BCUT2D eigenvalue weighted by molar-refractivity contribution is 9.10. The van der Waals surface area contributed by atoms with Gasteiger partial charge in [0.15, 0.2) is 5.11 Å². The zero-order valence-electron chi connectivity index (χ0n) is 12.9. The van der Waals surface area contributed by atoms with Crippen LogP contribution in [-0.2, 0) is 0 Å². The van der Waals surface area contributed by atoms with E-state index in [0.29, 0.717) is 5.11 Å². The van der Waals surface area contributed by atoms with Gasteiger partial charge in [0.05, 0.1) is 6.21 Å². The van der Waals surface area contributed by atoms with E-state index in [2.05, 4.69) is 68.4 Å². The Hall–Kier alpha value is -1.66. The summed E-state index contributed by atoms with van der Waals surface area (Å²) in [7, 11) is 0. The molecule has 1 heterocycles. The molecule has 116 valence electrons. The molecule has 0 bridgehead atoms. The van der Waals surface area contributed by atoms with Crippen molar-refractivity contribution in [3.8, 4) is 5.69 Å². The molecule has 1 aromatic heterocycles. The first-order valence-corrected chi connectivity index (χ1v) is 8.25. The molecule has 2 aromatic rings. The minimum absolute atomic E-state index is 0.527. The number of hydrogen-bond acceptors (Lipinski definition) is 2. The van der Waals surface area contributed by atoms with E-state index in [-0.39, 0.29) is 0 Å². The summed E-state index contributed by atoms with van der Waals surface area (Å²) in [6.07, 6.45) is 1.79. The van der Waals surface area contributed by atoms with Crippen molar-refractivity contribution in [2.24, 2.45) is 5.10 Å². The molecule has 0 atom stereocenters. The Morgan fingerprint density at radius 1 is 1.36 bits per heavy atom. The number of hydrazone groups is 1. The lowest BCUT2D eigenvalue weighted by atomic mass is 10.2. The smallest absolute Gasteiger partial charge is 0.186 e. The van der Waals surface area contributed by atoms with Crippen LogP contribution in [0.2, 0.25) is 0 Å². The van der Waals surface area contributed by atoms with E-state index in [1.807, 2.05) is 19.1 Å². The van der Waals surface area contributed by atoms with Crippen molar-refractivity contribution >= 4 is 39.5 Å². The highest BCUT2D eigenvalue weighted by Crippen LogP contribution is 2.22. The van der Waals surface area contributed by atoms with E-state index in [4.69, 9.17) is 12.2 Å². The standard InChI is InChI=1S/C16H19BrN4S/c1-4-18-16(22)20-19-10-13-8-11(2)21(12(13)3)15-7-5-6-14(17)9-15/h5-10H,4H2,1-3H3,(H2,18,20,22)/b19-10-. The van der Waals surface area contributed by atoms with Crippen molar-refractivity contribution in [1.82, 2.24) is 15.3 Å². The molecule has 0 aliphatic carbocycles. The zero-order valence-corrected chi connectivity index (χ0v) is 15.3. The molecule has 0 unspecified atom stereocenters. The molecule has 0 spiro atoms. The first kappa shape index (κ1) is 16.7. The summed E-state index contributed by atoms with van der Waals surface area (Å²) >= 11 is 8.59. The monoisotopic (exact) mass is 378 g/mol. The molecule has 2 rings (SSSR count). The van der Waals surface area contributed by atoms with E-state index in [1.54, 1.807) is 6.21 Å². The van der Waals surface area contributed by atoms with Gasteiger partial charge in [-0.3, -0.25) is 5.43 Å². The Labute approximate surface area is 144 Å². The number of nitrogens with zero attached hydrogens (tertiary/aromatic N) is 2. The fourth-order valence-electron chi connectivity index (χ4n) is 2.29. The van der Waals surface area contributed by atoms with Crippen LogP contribution in [0.1, 0.15) is 23.9 Å². The van der Waals surface area contributed by atoms with Gasteiger partial charge in [-0.1, -0.05) is 22.0 Å². The van der Waals surface area contributed by atoms with Gasteiger partial charge in [0, 0.05) is 33.7 Å². The van der Waals surface area contributed by atoms with E-state index in [1.165, 1.54) is 0 Å². The second-order valence-corrected chi connectivity index (χ2v) is 6.20. The fourth-order valence-corrected chi connectivity index (χ4v) is 2.88. The van der Waals surface area contributed by atoms with Crippen molar-refractivity contribution in [3.63, 3.8) is 0 Å². The van der Waals surface area contributed by atoms with E-state index in [0.717, 1.165) is 33.7 Å². The molecule has 4 nitrogen and oxygen atoms in total. The van der Waals surface area contributed by atoms with Crippen LogP contribution in [0.3, 0.4) is 0 Å². The summed E-state index contributed by atoms with van der Waals surface area (Å²) in [6, 6.07) is 10.3. The van der Waals surface area contributed by atoms with E-state index < -0.39 is 0 Å². The molecule has 2 N–H and O–H groups in total. The van der Waals surface area contributed by atoms with Crippen molar-refractivity contribution in [1.29, 1.82) is 0 Å². The van der Waals surface area contributed by atoms with Gasteiger partial charge in [0.2, 0.25) is 0 Å². The number of aromatic nitrogens is 1. The minimum Gasteiger partial charge on any atom is -0.362 e. The Morgan fingerprint density at radius 2 is 2.14 bits per heavy atom. The molecular formula is C16H19BrN4S. The first-order valence-electron chi connectivity index (χ1n) is 7.04. The lowest BCUT2D eigenvalue weighted by molar-refractivity contribution is 0.903. The lowest BCUT2D eigenvalue weighted by Crippen LogP contribution is -2.31. The topological polar surface area (TPSA) is 41.4 Å². The molecule has 0 radical (unpaired) electrons. The summed E-state index contributed by atoms with van der Waals surface area (Å²) in [5, 5.41) is 7.70. The van der Waals surface area contributed by atoms with Crippen LogP contribution < -0.4 is 10.7 Å². The summed E-state index contributed by atoms with van der Waals surface area (Å²) < 4.78 is 3.26. The predicted octanol–water partition coefficient (Wildman–Crippen LogP) is 3.67. The van der Waals surface area contributed by atoms with Crippen molar-refractivity contribution in [2.75, 3.05) is 6.54 Å². The van der Waals surface area contributed by atoms with Gasteiger partial charge < -0.3 is 9.88 Å². The van der Waals surface area contributed by atoms with Crippen LogP contribution in [0.4, 0.5) is 0 Å². The lowest BCUT2D eigenvalue weighted by Gasteiger charge is -2.09. The van der Waals surface area contributed by atoms with Crippen LogP contribution in [0.25, 0.3) is 5.69 Å². The van der Waals surface area contributed by atoms with Gasteiger partial charge in [0.25, 0.3) is 0 Å². The third-order valence-corrected chi connectivity index (χ3v) is 3.97. The maximum Gasteiger partial charge on any atom is 0.186 e. The second kappa shape index (κ2) is 7.56. The van der Waals surface area contributed by atoms with Gasteiger partial charge >= 0.3 is 0 Å². The Morgan fingerprint density at radius 3 is 2.82 bits per heavy atom.